The van der Waals surface area contributed by atoms with E-state index in [1.807, 2.05) is 26.0 Å². The minimum Gasteiger partial charge on any atom is -0.388 e. The Morgan fingerprint density at radius 2 is 2.12 bits per heavy atom. The van der Waals surface area contributed by atoms with Crippen LogP contribution in [0.4, 0.5) is 0 Å². The van der Waals surface area contributed by atoms with E-state index in [0.29, 0.717) is 25.8 Å². The van der Waals surface area contributed by atoms with Gasteiger partial charge in [-0.05, 0) is 19.3 Å². The molecule has 0 aromatic carbocycles. The van der Waals surface area contributed by atoms with Crippen LogP contribution in [0.25, 0.3) is 0 Å². The SMILES string of the molecule is CCC(O)(CC)CNC(=O)C1C=CC(N)C1. The van der Waals surface area contributed by atoms with Gasteiger partial charge in [-0.1, -0.05) is 26.0 Å². The number of nitrogens with two attached hydrogens (primary N) is 1. The van der Waals surface area contributed by atoms with Crippen LogP contribution in [0.5, 0.6) is 0 Å². The fourth-order valence-electron chi connectivity index (χ4n) is 1.80. The van der Waals surface area contributed by atoms with Crippen molar-refractivity contribution in [1.82, 2.24) is 5.32 Å². The van der Waals surface area contributed by atoms with Crippen LogP contribution in [-0.2, 0) is 4.79 Å². The third-order valence-electron chi connectivity index (χ3n) is 3.36. The standard InChI is InChI=1S/C12H22N2O2/c1-3-12(16,4-2)8-14-11(15)9-5-6-10(13)7-9/h5-6,9-10,16H,3-4,7-8,13H2,1-2H3,(H,14,15). The van der Waals surface area contributed by atoms with Gasteiger partial charge in [0.15, 0.2) is 0 Å². The number of hydrogen-bond acceptors (Lipinski definition) is 3. The summed E-state index contributed by atoms with van der Waals surface area (Å²) in [5.41, 5.74) is 4.90. The smallest absolute Gasteiger partial charge is 0.227 e. The Balaban J connectivity index is 2.38. The summed E-state index contributed by atoms with van der Waals surface area (Å²) in [7, 11) is 0. The van der Waals surface area contributed by atoms with Crippen molar-refractivity contribution in [3.8, 4) is 0 Å². The Morgan fingerprint density at radius 1 is 1.50 bits per heavy atom. The predicted molar refractivity (Wildman–Crippen MR) is 63.8 cm³/mol. The van der Waals surface area contributed by atoms with E-state index in [4.69, 9.17) is 5.73 Å². The summed E-state index contributed by atoms with van der Waals surface area (Å²) in [4.78, 5) is 11.7. The normalized spacial score (nSPS) is 24.8. The summed E-state index contributed by atoms with van der Waals surface area (Å²) in [5.74, 6) is -0.169. The summed E-state index contributed by atoms with van der Waals surface area (Å²) in [6, 6.07) is -0.00742. The topological polar surface area (TPSA) is 75.3 Å². The van der Waals surface area contributed by atoms with Crippen LogP contribution < -0.4 is 11.1 Å². The molecule has 2 unspecified atom stereocenters. The Hall–Kier alpha value is -0.870. The largest absolute Gasteiger partial charge is 0.388 e. The highest BCUT2D eigenvalue weighted by atomic mass is 16.3. The molecule has 0 aromatic heterocycles. The summed E-state index contributed by atoms with van der Waals surface area (Å²) in [6.45, 7) is 4.15. The highest BCUT2D eigenvalue weighted by Crippen LogP contribution is 2.17. The van der Waals surface area contributed by atoms with Crippen molar-refractivity contribution in [3.63, 3.8) is 0 Å². The quantitative estimate of drug-likeness (QED) is 0.599. The summed E-state index contributed by atoms with van der Waals surface area (Å²) in [5, 5.41) is 12.8. The van der Waals surface area contributed by atoms with Crippen molar-refractivity contribution >= 4 is 5.91 Å². The minimum absolute atomic E-state index is 0.00742. The highest BCUT2D eigenvalue weighted by Gasteiger charge is 2.26. The maximum atomic E-state index is 11.7. The van der Waals surface area contributed by atoms with Crippen LogP contribution in [0.15, 0.2) is 12.2 Å². The Morgan fingerprint density at radius 3 is 2.56 bits per heavy atom. The van der Waals surface area contributed by atoms with Crippen LogP contribution in [0, 0.1) is 5.92 Å². The van der Waals surface area contributed by atoms with E-state index in [-0.39, 0.29) is 17.9 Å². The molecular formula is C12H22N2O2. The molecule has 0 spiro atoms. The molecule has 1 aliphatic rings. The monoisotopic (exact) mass is 226 g/mol. The predicted octanol–water partition coefficient (Wildman–Crippen LogP) is 0.557. The van der Waals surface area contributed by atoms with Gasteiger partial charge in [0.2, 0.25) is 5.91 Å². The Kier molecular flexibility index (Phi) is 4.50. The zero-order valence-electron chi connectivity index (χ0n) is 10.1. The van der Waals surface area contributed by atoms with E-state index in [1.165, 1.54) is 0 Å². The lowest BCUT2D eigenvalue weighted by Gasteiger charge is -2.26. The van der Waals surface area contributed by atoms with Crippen LogP contribution in [0.2, 0.25) is 0 Å². The number of rotatable bonds is 5. The van der Waals surface area contributed by atoms with Gasteiger partial charge >= 0.3 is 0 Å². The maximum Gasteiger partial charge on any atom is 0.227 e. The van der Waals surface area contributed by atoms with E-state index < -0.39 is 5.60 Å². The van der Waals surface area contributed by atoms with Crippen LogP contribution in [0.3, 0.4) is 0 Å². The molecule has 0 aromatic rings. The Bertz CT molecular complexity index is 272. The van der Waals surface area contributed by atoms with Gasteiger partial charge in [-0.25, -0.2) is 0 Å². The first-order chi connectivity index (χ1) is 7.50. The van der Waals surface area contributed by atoms with Crippen molar-refractivity contribution in [1.29, 1.82) is 0 Å². The van der Waals surface area contributed by atoms with Crippen molar-refractivity contribution in [2.75, 3.05) is 6.54 Å². The molecule has 0 saturated heterocycles. The molecule has 4 nitrogen and oxygen atoms in total. The molecule has 92 valence electrons. The first kappa shape index (κ1) is 13.2. The molecule has 4 heteroatoms. The molecule has 1 amide bonds. The second-order valence-electron chi connectivity index (χ2n) is 4.54. The van der Waals surface area contributed by atoms with Crippen LogP contribution >= 0.6 is 0 Å². The summed E-state index contributed by atoms with van der Waals surface area (Å²) >= 11 is 0. The van der Waals surface area contributed by atoms with Crippen molar-refractivity contribution in [2.45, 2.75) is 44.8 Å². The lowest BCUT2D eigenvalue weighted by atomic mass is 9.97. The second kappa shape index (κ2) is 5.46. The molecule has 1 aliphatic carbocycles. The molecule has 0 saturated carbocycles. The average Bonchev–Trinajstić information content (AvgIpc) is 2.72. The first-order valence-corrected chi connectivity index (χ1v) is 5.94. The molecule has 0 fully saturated rings. The molecule has 16 heavy (non-hydrogen) atoms. The van der Waals surface area contributed by atoms with Crippen LogP contribution in [-0.4, -0.2) is 29.2 Å². The summed E-state index contributed by atoms with van der Waals surface area (Å²) < 4.78 is 0. The van der Waals surface area contributed by atoms with Gasteiger partial charge in [-0.2, -0.15) is 0 Å². The van der Waals surface area contributed by atoms with E-state index >= 15 is 0 Å². The van der Waals surface area contributed by atoms with Crippen LogP contribution in [0.1, 0.15) is 33.1 Å². The van der Waals surface area contributed by atoms with Gasteiger partial charge in [-0.15, -0.1) is 0 Å². The fraction of sp³-hybridized carbons (Fsp3) is 0.750. The third kappa shape index (κ3) is 3.32. The number of amides is 1. The van der Waals surface area contributed by atoms with Gasteiger partial charge in [0, 0.05) is 12.6 Å². The lowest BCUT2D eigenvalue weighted by Crippen LogP contribution is -2.43. The molecule has 1 rings (SSSR count). The number of nitrogens with one attached hydrogen (secondary N) is 1. The highest BCUT2D eigenvalue weighted by molar-refractivity contribution is 5.81. The minimum atomic E-state index is -0.778. The molecule has 0 aliphatic heterocycles. The molecule has 4 N–H and O–H groups in total. The second-order valence-corrected chi connectivity index (χ2v) is 4.54. The number of carbonyl (C=O) groups excluding carboxylic acids is 1. The number of hydrogen-bond donors (Lipinski definition) is 3. The molecule has 2 atom stereocenters. The number of carbonyl (C=O) groups is 1. The molecule has 0 radical (unpaired) electrons. The van der Waals surface area contributed by atoms with Gasteiger partial charge in [0.1, 0.15) is 0 Å². The lowest BCUT2D eigenvalue weighted by molar-refractivity contribution is -0.125. The van der Waals surface area contributed by atoms with Crippen molar-refractivity contribution < 1.29 is 9.90 Å². The average molecular weight is 226 g/mol. The van der Waals surface area contributed by atoms with E-state index in [0.717, 1.165) is 0 Å². The zero-order valence-corrected chi connectivity index (χ0v) is 10.1. The first-order valence-electron chi connectivity index (χ1n) is 5.94. The molecule has 0 heterocycles. The maximum absolute atomic E-state index is 11.7. The fourth-order valence-corrected chi connectivity index (χ4v) is 1.80. The van der Waals surface area contributed by atoms with Gasteiger partial charge in [0.25, 0.3) is 0 Å². The van der Waals surface area contributed by atoms with Gasteiger partial charge < -0.3 is 16.2 Å². The Labute approximate surface area is 96.9 Å². The van der Waals surface area contributed by atoms with E-state index in [2.05, 4.69) is 5.32 Å². The van der Waals surface area contributed by atoms with Crippen molar-refractivity contribution in [3.05, 3.63) is 12.2 Å². The van der Waals surface area contributed by atoms with Crippen molar-refractivity contribution in [2.24, 2.45) is 11.7 Å². The van der Waals surface area contributed by atoms with Gasteiger partial charge in [-0.3, -0.25) is 4.79 Å². The molecular weight excluding hydrogens is 204 g/mol. The van der Waals surface area contributed by atoms with Gasteiger partial charge in [0.05, 0.1) is 11.5 Å². The van der Waals surface area contributed by atoms with E-state index in [1.54, 1.807) is 0 Å². The summed E-state index contributed by atoms with van der Waals surface area (Å²) in [6.07, 6.45) is 5.66. The molecule has 0 bridgehead atoms. The third-order valence-corrected chi connectivity index (χ3v) is 3.36. The number of aliphatic hydroxyl groups is 1. The zero-order chi connectivity index (χ0) is 12.2. The van der Waals surface area contributed by atoms with E-state index in [9.17, 15) is 9.90 Å².